The molecule has 1 N–H and O–H groups in total. The first-order chi connectivity index (χ1) is 8.07. The van der Waals surface area contributed by atoms with Crippen LogP contribution in [0.5, 0.6) is 0 Å². The largest absolute Gasteiger partial charge is 0.395 e. The van der Waals surface area contributed by atoms with E-state index >= 15 is 0 Å². The number of hydrogen-bond acceptors (Lipinski definition) is 3. The number of aliphatic hydroxyl groups excluding tert-OH is 1. The Balaban J connectivity index is 2.82. The Morgan fingerprint density at radius 3 is 2.35 bits per heavy atom. The first kappa shape index (κ1) is 14.9. The highest BCUT2D eigenvalue weighted by atomic mass is 32.2. The van der Waals surface area contributed by atoms with Crippen LogP contribution in [0.4, 0.5) is 0 Å². The number of hydrogen-bond donors (Lipinski definition) is 1. The first-order valence-corrected chi connectivity index (χ1v) is 7.85. The molecule has 1 saturated heterocycles. The molecule has 0 saturated carbocycles. The molecule has 0 bridgehead atoms. The molecule has 0 aromatic rings. The zero-order valence-corrected chi connectivity index (χ0v) is 11.6. The van der Waals surface area contributed by atoms with E-state index in [0.29, 0.717) is 19.6 Å². The molecule has 0 aromatic carbocycles. The van der Waals surface area contributed by atoms with Crippen LogP contribution in [0.15, 0.2) is 0 Å². The molecule has 1 unspecified atom stereocenters. The van der Waals surface area contributed by atoms with Crippen molar-refractivity contribution in [3.8, 4) is 0 Å². The summed E-state index contributed by atoms with van der Waals surface area (Å²) < 4.78 is 27.9. The lowest BCUT2D eigenvalue weighted by atomic mass is 10.2. The summed E-state index contributed by atoms with van der Waals surface area (Å²) in [7, 11) is -3.38. The van der Waals surface area contributed by atoms with Gasteiger partial charge in [-0.1, -0.05) is 13.8 Å². The smallest absolute Gasteiger partial charge is 0.282 e. The highest BCUT2D eigenvalue weighted by Crippen LogP contribution is 2.23. The van der Waals surface area contributed by atoms with Gasteiger partial charge in [-0.15, -0.1) is 0 Å². The first-order valence-electron chi connectivity index (χ1n) is 6.45. The second-order valence-electron chi connectivity index (χ2n) is 4.50. The molecule has 1 fully saturated rings. The highest BCUT2D eigenvalue weighted by molar-refractivity contribution is 7.86. The molecule has 1 heterocycles. The summed E-state index contributed by atoms with van der Waals surface area (Å²) in [5.41, 5.74) is 0. The standard InChI is InChI=1S/C11H24N2O3S/c1-3-7-12(8-4-2)17(15,16)13-9-5-6-11(13)10-14/h11,14H,3-10H2,1-2H3. The molecular formula is C11H24N2O3S. The van der Waals surface area contributed by atoms with Gasteiger partial charge in [0.25, 0.3) is 10.2 Å². The second-order valence-corrected chi connectivity index (χ2v) is 6.38. The molecule has 17 heavy (non-hydrogen) atoms. The van der Waals surface area contributed by atoms with Crippen LogP contribution in [0, 0.1) is 0 Å². The van der Waals surface area contributed by atoms with Gasteiger partial charge >= 0.3 is 0 Å². The Hall–Kier alpha value is -0.170. The van der Waals surface area contributed by atoms with E-state index in [1.807, 2.05) is 13.8 Å². The maximum Gasteiger partial charge on any atom is 0.282 e. The van der Waals surface area contributed by atoms with E-state index in [1.165, 1.54) is 4.31 Å². The van der Waals surface area contributed by atoms with E-state index in [4.69, 9.17) is 0 Å². The fourth-order valence-corrected chi connectivity index (χ4v) is 4.32. The summed E-state index contributed by atoms with van der Waals surface area (Å²) in [6.07, 6.45) is 3.24. The number of aliphatic hydroxyl groups is 1. The number of nitrogens with zero attached hydrogens (tertiary/aromatic N) is 2. The van der Waals surface area contributed by atoms with Crippen LogP contribution >= 0.6 is 0 Å². The van der Waals surface area contributed by atoms with Gasteiger partial charge in [-0.05, 0) is 25.7 Å². The quantitative estimate of drug-likeness (QED) is 0.740. The van der Waals surface area contributed by atoms with Crippen LogP contribution < -0.4 is 0 Å². The molecule has 102 valence electrons. The van der Waals surface area contributed by atoms with Crippen molar-refractivity contribution in [3.05, 3.63) is 0 Å². The fourth-order valence-electron chi connectivity index (χ4n) is 2.29. The average molecular weight is 264 g/mol. The van der Waals surface area contributed by atoms with Crippen LogP contribution in [-0.2, 0) is 10.2 Å². The highest BCUT2D eigenvalue weighted by Gasteiger charge is 2.36. The van der Waals surface area contributed by atoms with Gasteiger partial charge < -0.3 is 5.11 Å². The molecule has 0 aliphatic carbocycles. The van der Waals surface area contributed by atoms with E-state index in [-0.39, 0.29) is 12.6 Å². The zero-order chi connectivity index (χ0) is 12.9. The second kappa shape index (κ2) is 6.68. The van der Waals surface area contributed by atoms with Crippen molar-refractivity contribution in [2.75, 3.05) is 26.2 Å². The van der Waals surface area contributed by atoms with E-state index in [1.54, 1.807) is 4.31 Å². The van der Waals surface area contributed by atoms with E-state index < -0.39 is 10.2 Å². The molecule has 1 atom stereocenters. The molecule has 1 aliphatic heterocycles. The lowest BCUT2D eigenvalue weighted by Crippen LogP contribution is -2.47. The van der Waals surface area contributed by atoms with Gasteiger partial charge in [0, 0.05) is 25.7 Å². The minimum absolute atomic E-state index is 0.0781. The van der Waals surface area contributed by atoms with Gasteiger partial charge in [0.2, 0.25) is 0 Å². The van der Waals surface area contributed by atoms with E-state index in [9.17, 15) is 13.5 Å². The molecule has 6 heteroatoms. The Morgan fingerprint density at radius 1 is 1.29 bits per heavy atom. The van der Waals surface area contributed by atoms with Crippen molar-refractivity contribution in [1.82, 2.24) is 8.61 Å². The Labute approximate surface area is 105 Å². The van der Waals surface area contributed by atoms with Gasteiger partial charge in [0.05, 0.1) is 6.61 Å². The topological polar surface area (TPSA) is 60.9 Å². The summed E-state index contributed by atoms with van der Waals surface area (Å²) in [6, 6.07) is -0.226. The van der Waals surface area contributed by atoms with Crippen molar-refractivity contribution < 1.29 is 13.5 Å². The third kappa shape index (κ3) is 3.40. The Morgan fingerprint density at radius 2 is 1.88 bits per heavy atom. The van der Waals surface area contributed by atoms with Gasteiger partial charge in [0.15, 0.2) is 0 Å². The minimum atomic E-state index is -3.38. The SMILES string of the molecule is CCCN(CCC)S(=O)(=O)N1CCCC1CO. The van der Waals surface area contributed by atoms with Crippen molar-refractivity contribution in [2.24, 2.45) is 0 Å². The van der Waals surface area contributed by atoms with Crippen LogP contribution in [0.1, 0.15) is 39.5 Å². The van der Waals surface area contributed by atoms with Gasteiger partial charge in [-0.2, -0.15) is 17.0 Å². The molecule has 1 aliphatic rings. The molecule has 0 spiro atoms. The molecular weight excluding hydrogens is 240 g/mol. The third-order valence-corrected chi connectivity index (χ3v) is 5.19. The summed E-state index contributed by atoms with van der Waals surface area (Å²) in [6.45, 7) is 5.54. The summed E-state index contributed by atoms with van der Waals surface area (Å²) in [5, 5.41) is 9.22. The van der Waals surface area contributed by atoms with E-state index in [0.717, 1.165) is 25.7 Å². The number of rotatable bonds is 7. The van der Waals surface area contributed by atoms with Gasteiger partial charge in [0.1, 0.15) is 0 Å². The van der Waals surface area contributed by atoms with Gasteiger partial charge in [-0.25, -0.2) is 0 Å². The van der Waals surface area contributed by atoms with Gasteiger partial charge in [-0.3, -0.25) is 0 Å². The predicted octanol–water partition coefficient (Wildman–Crippen LogP) is 0.810. The third-order valence-electron chi connectivity index (χ3n) is 3.10. The Kier molecular flexibility index (Phi) is 5.85. The Bertz CT molecular complexity index is 313. The monoisotopic (exact) mass is 264 g/mol. The maximum absolute atomic E-state index is 12.4. The van der Waals surface area contributed by atoms with Crippen LogP contribution in [0.25, 0.3) is 0 Å². The maximum atomic E-state index is 12.4. The average Bonchev–Trinajstić information content (AvgIpc) is 2.77. The minimum Gasteiger partial charge on any atom is -0.395 e. The van der Waals surface area contributed by atoms with Crippen molar-refractivity contribution in [2.45, 2.75) is 45.6 Å². The summed E-state index contributed by atoms with van der Waals surface area (Å²) >= 11 is 0. The molecule has 0 aromatic heterocycles. The van der Waals surface area contributed by atoms with Crippen molar-refractivity contribution in [1.29, 1.82) is 0 Å². The molecule has 0 amide bonds. The summed E-state index contributed by atoms with van der Waals surface area (Å²) in [5.74, 6) is 0. The van der Waals surface area contributed by atoms with Crippen LogP contribution in [-0.4, -0.2) is 54.4 Å². The van der Waals surface area contributed by atoms with Crippen LogP contribution in [0.3, 0.4) is 0 Å². The lowest BCUT2D eigenvalue weighted by Gasteiger charge is -2.29. The van der Waals surface area contributed by atoms with Crippen LogP contribution in [0.2, 0.25) is 0 Å². The molecule has 5 nitrogen and oxygen atoms in total. The predicted molar refractivity (Wildman–Crippen MR) is 67.9 cm³/mol. The van der Waals surface area contributed by atoms with Crippen molar-refractivity contribution in [3.63, 3.8) is 0 Å². The fraction of sp³-hybridized carbons (Fsp3) is 1.00. The van der Waals surface area contributed by atoms with Crippen molar-refractivity contribution >= 4 is 10.2 Å². The summed E-state index contributed by atoms with van der Waals surface area (Å²) in [4.78, 5) is 0. The zero-order valence-electron chi connectivity index (χ0n) is 10.8. The molecule has 0 radical (unpaired) electrons. The lowest BCUT2D eigenvalue weighted by molar-refractivity contribution is 0.205. The normalized spacial score (nSPS) is 22.5. The van der Waals surface area contributed by atoms with E-state index in [2.05, 4.69) is 0 Å². The molecule has 1 rings (SSSR count).